The van der Waals surface area contributed by atoms with Crippen LogP contribution in [0.3, 0.4) is 0 Å². The third-order valence-corrected chi connectivity index (χ3v) is 3.32. The number of fused-ring (bicyclic) bond motifs is 1. The molecule has 0 unspecified atom stereocenters. The molecule has 2 N–H and O–H groups in total. The van der Waals surface area contributed by atoms with Gasteiger partial charge in [-0.15, -0.1) is 0 Å². The lowest BCUT2D eigenvalue weighted by Gasteiger charge is -2.09. The van der Waals surface area contributed by atoms with E-state index in [4.69, 9.17) is 26.5 Å². The van der Waals surface area contributed by atoms with Gasteiger partial charge in [-0.05, 0) is 30.3 Å². The van der Waals surface area contributed by atoms with Crippen molar-refractivity contribution in [2.24, 2.45) is 5.73 Å². The summed E-state index contributed by atoms with van der Waals surface area (Å²) in [6, 6.07) is 15.3. The Hall–Kier alpha value is -1.97. The molecule has 0 spiro atoms. The molecule has 2 aromatic carbocycles. The maximum atomic E-state index is 5.94. The fourth-order valence-corrected chi connectivity index (χ4v) is 2.30. The molecule has 0 bridgehead atoms. The summed E-state index contributed by atoms with van der Waals surface area (Å²) in [5.74, 6) is 1.52. The predicted molar refractivity (Wildman–Crippen MR) is 79.9 cm³/mol. The Bertz CT molecular complexity index is 703. The van der Waals surface area contributed by atoms with Crippen LogP contribution in [0.5, 0.6) is 5.75 Å². The van der Waals surface area contributed by atoms with Crippen molar-refractivity contribution in [3.05, 3.63) is 64.9 Å². The van der Waals surface area contributed by atoms with Crippen LogP contribution >= 0.6 is 11.6 Å². The first-order valence-electron chi connectivity index (χ1n) is 6.35. The molecule has 0 aliphatic rings. The van der Waals surface area contributed by atoms with E-state index in [1.54, 1.807) is 6.07 Å². The maximum absolute atomic E-state index is 5.94. The monoisotopic (exact) mass is 287 g/mol. The van der Waals surface area contributed by atoms with Gasteiger partial charge in [0.15, 0.2) is 0 Å². The third kappa shape index (κ3) is 2.64. The number of furan rings is 1. The van der Waals surface area contributed by atoms with Gasteiger partial charge in [0, 0.05) is 22.5 Å². The molecule has 3 rings (SSSR count). The van der Waals surface area contributed by atoms with Gasteiger partial charge in [0.1, 0.15) is 23.7 Å². The molecule has 3 nitrogen and oxygen atoms in total. The number of halogens is 1. The lowest BCUT2D eigenvalue weighted by molar-refractivity contribution is 0.272. The van der Waals surface area contributed by atoms with E-state index in [1.807, 2.05) is 42.5 Å². The molecule has 102 valence electrons. The van der Waals surface area contributed by atoms with Gasteiger partial charge in [-0.3, -0.25) is 0 Å². The topological polar surface area (TPSA) is 48.4 Å². The molecule has 3 aromatic rings. The van der Waals surface area contributed by atoms with Crippen molar-refractivity contribution in [2.45, 2.75) is 13.2 Å². The number of ether oxygens (including phenoxy) is 1. The number of hydrogen-bond acceptors (Lipinski definition) is 3. The first-order chi connectivity index (χ1) is 9.76. The minimum atomic E-state index is 0.364. The van der Waals surface area contributed by atoms with Crippen molar-refractivity contribution >= 4 is 22.6 Å². The summed E-state index contributed by atoms with van der Waals surface area (Å²) < 4.78 is 11.5. The van der Waals surface area contributed by atoms with Crippen molar-refractivity contribution in [3.63, 3.8) is 0 Å². The Morgan fingerprint density at radius 1 is 1.10 bits per heavy atom. The highest BCUT2D eigenvalue weighted by Crippen LogP contribution is 2.25. The van der Waals surface area contributed by atoms with Crippen molar-refractivity contribution in [1.82, 2.24) is 0 Å². The summed E-state index contributed by atoms with van der Waals surface area (Å²) in [5, 5.41) is 1.72. The van der Waals surface area contributed by atoms with Crippen LogP contribution in [-0.4, -0.2) is 0 Å². The first kappa shape index (κ1) is 13.0. The smallest absolute Gasteiger partial charge is 0.146 e. The molecule has 1 aromatic heterocycles. The van der Waals surface area contributed by atoms with E-state index in [-0.39, 0.29) is 0 Å². The summed E-state index contributed by atoms with van der Waals surface area (Å²) >= 11 is 5.94. The zero-order valence-corrected chi connectivity index (χ0v) is 11.6. The Kier molecular flexibility index (Phi) is 3.63. The Labute approximate surface area is 121 Å². The van der Waals surface area contributed by atoms with Gasteiger partial charge in [-0.25, -0.2) is 0 Å². The van der Waals surface area contributed by atoms with Crippen LogP contribution in [0.2, 0.25) is 5.02 Å². The normalized spacial score (nSPS) is 10.9. The number of para-hydroxylation sites is 1. The molecule has 0 fully saturated rings. The van der Waals surface area contributed by atoms with E-state index < -0.39 is 0 Å². The van der Waals surface area contributed by atoms with Gasteiger partial charge in [0.25, 0.3) is 0 Å². The summed E-state index contributed by atoms with van der Waals surface area (Å²) in [6.45, 7) is 0.749. The lowest BCUT2D eigenvalue weighted by atomic mass is 10.2. The van der Waals surface area contributed by atoms with Crippen LogP contribution in [0, 0.1) is 0 Å². The molecule has 0 saturated heterocycles. The van der Waals surface area contributed by atoms with Crippen LogP contribution in [0.4, 0.5) is 0 Å². The summed E-state index contributed by atoms with van der Waals surface area (Å²) in [7, 11) is 0. The van der Waals surface area contributed by atoms with Crippen LogP contribution in [0.15, 0.2) is 52.9 Å². The maximum Gasteiger partial charge on any atom is 0.146 e. The number of rotatable bonds is 4. The average molecular weight is 288 g/mol. The second kappa shape index (κ2) is 5.57. The highest BCUT2D eigenvalue weighted by Gasteiger charge is 2.07. The molecular weight excluding hydrogens is 274 g/mol. The number of benzene rings is 2. The van der Waals surface area contributed by atoms with Crippen molar-refractivity contribution < 1.29 is 9.15 Å². The van der Waals surface area contributed by atoms with Crippen LogP contribution in [-0.2, 0) is 13.2 Å². The van der Waals surface area contributed by atoms with Crippen molar-refractivity contribution in [1.29, 1.82) is 0 Å². The SMILES string of the molecule is NCc1cc(Cl)ccc1OCc1cc2ccccc2o1. The van der Waals surface area contributed by atoms with Gasteiger partial charge < -0.3 is 14.9 Å². The van der Waals surface area contributed by atoms with Gasteiger partial charge in [-0.2, -0.15) is 0 Å². The lowest BCUT2D eigenvalue weighted by Crippen LogP contribution is -2.02. The average Bonchev–Trinajstić information content (AvgIpc) is 2.88. The Balaban J connectivity index is 1.79. The fourth-order valence-electron chi connectivity index (χ4n) is 2.11. The van der Waals surface area contributed by atoms with E-state index in [0.29, 0.717) is 18.2 Å². The fraction of sp³-hybridized carbons (Fsp3) is 0.125. The van der Waals surface area contributed by atoms with Gasteiger partial charge in [0.2, 0.25) is 0 Å². The predicted octanol–water partition coefficient (Wildman–Crippen LogP) is 4.12. The highest BCUT2D eigenvalue weighted by atomic mass is 35.5. The molecule has 4 heteroatoms. The quantitative estimate of drug-likeness (QED) is 0.785. The molecule has 0 aliphatic heterocycles. The second-order valence-corrected chi connectivity index (χ2v) is 4.93. The molecule has 1 heterocycles. The first-order valence-corrected chi connectivity index (χ1v) is 6.73. The van der Waals surface area contributed by atoms with Crippen LogP contribution in [0.1, 0.15) is 11.3 Å². The van der Waals surface area contributed by atoms with E-state index in [1.165, 1.54) is 0 Å². The molecule has 0 saturated carbocycles. The number of nitrogens with two attached hydrogens (primary N) is 1. The summed E-state index contributed by atoms with van der Waals surface area (Å²) in [6.07, 6.45) is 0. The van der Waals surface area contributed by atoms with E-state index in [2.05, 4.69) is 0 Å². The largest absolute Gasteiger partial charge is 0.485 e. The highest BCUT2D eigenvalue weighted by molar-refractivity contribution is 6.30. The standard InChI is InChI=1S/C16H14ClNO2/c17-13-5-6-15(12(7-13)9-18)19-10-14-8-11-3-1-2-4-16(11)20-14/h1-8H,9-10,18H2. The van der Waals surface area contributed by atoms with E-state index >= 15 is 0 Å². The van der Waals surface area contributed by atoms with E-state index in [0.717, 1.165) is 28.0 Å². The molecule has 0 amide bonds. The molecule has 0 radical (unpaired) electrons. The molecular formula is C16H14ClNO2. The Morgan fingerprint density at radius 3 is 2.75 bits per heavy atom. The molecule has 0 aliphatic carbocycles. The van der Waals surface area contributed by atoms with Crippen molar-refractivity contribution in [2.75, 3.05) is 0 Å². The zero-order chi connectivity index (χ0) is 13.9. The van der Waals surface area contributed by atoms with Crippen LogP contribution in [0.25, 0.3) is 11.0 Å². The number of hydrogen-bond donors (Lipinski definition) is 1. The summed E-state index contributed by atoms with van der Waals surface area (Å²) in [4.78, 5) is 0. The molecule has 0 atom stereocenters. The second-order valence-electron chi connectivity index (χ2n) is 4.50. The van der Waals surface area contributed by atoms with Crippen molar-refractivity contribution in [3.8, 4) is 5.75 Å². The zero-order valence-electron chi connectivity index (χ0n) is 10.8. The van der Waals surface area contributed by atoms with Crippen LogP contribution < -0.4 is 10.5 Å². The summed E-state index contributed by atoms with van der Waals surface area (Å²) in [5.41, 5.74) is 7.43. The van der Waals surface area contributed by atoms with Gasteiger partial charge >= 0.3 is 0 Å². The molecule has 20 heavy (non-hydrogen) atoms. The van der Waals surface area contributed by atoms with Gasteiger partial charge in [0.05, 0.1) is 0 Å². The minimum absolute atomic E-state index is 0.364. The Morgan fingerprint density at radius 2 is 1.95 bits per heavy atom. The third-order valence-electron chi connectivity index (χ3n) is 3.09. The minimum Gasteiger partial charge on any atom is -0.485 e. The van der Waals surface area contributed by atoms with E-state index in [9.17, 15) is 0 Å². The van der Waals surface area contributed by atoms with Gasteiger partial charge in [-0.1, -0.05) is 29.8 Å².